The van der Waals surface area contributed by atoms with Crippen LogP contribution in [0.1, 0.15) is 11.1 Å². The number of methoxy groups -OCH3 is 1. The van der Waals surface area contributed by atoms with Crippen molar-refractivity contribution in [2.45, 2.75) is 13.0 Å². The molecule has 1 aliphatic heterocycles. The van der Waals surface area contributed by atoms with Gasteiger partial charge in [-0.25, -0.2) is 4.39 Å². The van der Waals surface area contributed by atoms with Gasteiger partial charge in [0.25, 0.3) is 0 Å². The first-order chi connectivity index (χ1) is 10.1. The molecule has 4 nitrogen and oxygen atoms in total. The molecule has 0 spiro atoms. The lowest BCUT2D eigenvalue weighted by Gasteiger charge is -2.18. The number of fused-ring (bicyclic) bond motifs is 1. The van der Waals surface area contributed by atoms with Gasteiger partial charge in [0.2, 0.25) is 5.91 Å². The monoisotopic (exact) mass is 286 g/mol. The van der Waals surface area contributed by atoms with E-state index in [-0.39, 0.29) is 11.7 Å². The normalized spacial score (nSPS) is 13.4. The first-order valence-corrected chi connectivity index (χ1v) is 6.59. The number of carbonyl (C=O) groups is 1. The van der Waals surface area contributed by atoms with Crippen LogP contribution in [-0.4, -0.2) is 13.0 Å². The number of nitrogen functional groups attached to an aromatic ring is 1. The number of benzene rings is 2. The zero-order chi connectivity index (χ0) is 15.0. The third-order valence-electron chi connectivity index (χ3n) is 3.59. The van der Waals surface area contributed by atoms with E-state index in [9.17, 15) is 9.18 Å². The Morgan fingerprint density at radius 3 is 2.81 bits per heavy atom. The van der Waals surface area contributed by atoms with Crippen molar-refractivity contribution in [2.75, 3.05) is 17.7 Å². The van der Waals surface area contributed by atoms with Crippen LogP contribution in [0.15, 0.2) is 36.4 Å². The van der Waals surface area contributed by atoms with Gasteiger partial charge in [-0.3, -0.25) is 4.79 Å². The second kappa shape index (κ2) is 5.09. The Morgan fingerprint density at radius 1 is 1.29 bits per heavy atom. The predicted octanol–water partition coefficient (Wildman–Crippen LogP) is 2.51. The number of hydrogen-bond acceptors (Lipinski definition) is 3. The topological polar surface area (TPSA) is 55.6 Å². The summed E-state index contributed by atoms with van der Waals surface area (Å²) in [5.74, 6) is -0.245. The summed E-state index contributed by atoms with van der Waals surface area (Å²) in [6.45, 7) is 0.330. The highest BCUT2D eigenvalue weighted by molar-refractivity contribution is 6.01. The van der Waals surface area contributed by atoms with Gasteiger partial charge in [-0.15, -0.1) is 0 Å². The molecule has 0 bridgehead atoms. The third kappa shape index (κ3) is 2.42. The molecule has 2 aromatic rings. The minimum absolute atomic E-state index is 0.00757. The molecule has 0 unspecified atom stereocenters. The predicted molar refractivity (Wildman–Crippen MR) is 78.7 cm³/mol. The Labute approximate surface area is 121 Å². The first kappa shape index (κ1) is 13.4. The molecular weight excluding hydrogens is 271 g/mol. The molecule has 0 saturated carbocycles. The number of nitrogens with two attached hydrogens (primary N) is 1. The highest BCUT2D eigenvalue weighted by Gasteiger charge is 2.27. The molecule has 108 valence electrons. The van der Waals surface area contributed by atoms with Crippen molar-refractivity contribution in [1.29, 1.82) is 0 Å². The molecule has 21 heavy (non-hydrogen) atoms. The van der Waals surface area contributed by atoms with Crippen LogP contribution in [-0.2, 0) is 17.8 Å². The number of amides is 1. The largest absolute Gasteiger partial charge is 0.494 e. The van der Waals surface area contributed by atoms with Crippen LogP contribution in [0.4, 0.5) is 15.8 Å². The Hall–Kier alpha value is -2.56. The zero-order valence-corrected chi connectivity index (χ0v) is 11.6. The number of anilines is 2. The summed E-state index contributed by atoms with van der Waals surface area (Å²) in [5.41, 5.74) is 8.83. The quantitative estimate of drug-likeness (QED) is 0.882. The van der Waals surface area contributed by atoms with Crippen LogP contribution in [0, 0.1) is 5.82 Å². The summed E-state index contributed by atoms with van der Waals surface area (Å²) in [6, 6.07) is 10.1. The van der Waals surface area contributed by atoms with Crippen molar-refractivity contribution in [3.63, 3.8) is 0 Å². The van der Waals surface area contributed by atoms with Crippen molar-refractivity contribution >= 4 is 17.3 Å². The fourth-order valence-electron chi connectivity index (χ4n) is 2.57. The van der Waals surface area contributed by atoms with E-state index in [4.69, 9.17) is 10.5 Å². The summed E-state index contributed by atoms with van der Waals surface area (Å²) >= 11 is 0. The van der Waals surface area contributed by atoms with Crippen molar-refractivity contribution < 1.29 is 13.9 Å². The highest BCUT2D eigenvalue weighted by Crippen LogP contribution is 2.32. The Kier molecular flexibility index (Phi) is 3.25. The van der Waals surface area contributed by atoms with E-state index in [0.29, 0.717) is 24.2 Å². The minimum atomic E-state index is -0.431. The molecule has 1 aliphatic rings. The maximum absolute atomic E-state index is 13.7. The van der Waals surface area contributed by atoms with Gasteiger partial charge < -0.3 is 15.4 Å². The standard InChI is InChI=1S/C16H15FN2O2/c1-21-15-5-2-10(6-13(15)17)9-19-14-4-3-12(18)7-11(14)8-16(19)20/h2-7H,8-9,18H2,1H3. The molecular formula is C16H15FN2O2. The van der Waals surface area contributed by atoms with Gasteiger partial charge in [-0.2, -0.15) is 0 Å². The number of nitrogens with zero attached hydrogens (tertiary/aromatic N) is 1. The number of rotatable bonds is 3. The molecule has 2 N–H and O–H groups in total. The van der Waals surface area contributed by atoms with Crippen LogP contribution >= 0.6 is 0 Å². The van der Waals surface area contributed by atoms with Crippen LogP contribution < -0.4 is 15.4 Å². The smallest absolute Gasteiger partial charge is 0.231 e. The molecule has 1 heterocycles. The number of ether oxygens (including phenoxy) is 1. The van der Waals surface area contributed by atoms with Crippen LogP contribution in [0.3, 0.4) is 0 Å². The second-order valence-electron chi connectivity index (χ2n) is 5.01. The van der Waals surface area contributed by atoms with Gasteiger partial charge in [-0.1, -0.05) is 6.07 Å². The van der Waals surface area contributed by atoms with Gasteiger partial charge >= 0.3 is 0 Å². The van der Waals surface area contributed by atoms with E-state index in [1.165, 1.54) is 13.2 Å². The second-order valence-corrected chi connectivity index (χ2v) is 5.01. The minimum Gasteiger partial charge on any atom is -0.494 e. The molecule has 0 fully saturated rings. The maximum atomic E-state index is 13.7. The molecule has 0 atom stereocenters. The fourth-order valence-corrected chi connectivity index (χ4v) is 2.57. The maximum Gasteiger partial charge on any atom is 0.231 e. The molecule has 0 radical (unpaired) electrons. The molecule has 0 aromatic heterocycles. The molecule has 3 rings (SSSR count). The summed E-state index contributed by atoms with van der Waals surface area (Å²) in [6.07, 6.45) is 0.332. The lowest BCUT2D eigenvalue weighted by atomic mass is 10.1. The zero-order valence-electron chi connectivity index (χ0n) is 11.6. The van der Waals surface area contributed by atoms with E-state index in [1.54, 1.807) is 23.1 Å². The number of carbonyl (C=O) groups excluding carboxylic acids is 1. The fraction of sp³-hybridized carbons (Fsp3) is 0.188. The molecule has 2 aromatic carbocycles. The lowest BCUT2D eigenvalue weighted by molar-refractivity contribution is -0.117. The Bertz CT molecular complexity index is 715. The highest BCUT2D eigenvalue weighted by atomic mass is 19.1. The number of hydrogen-bond donors (Lipinski definition) is 1. The van der Waals surface area contributed by atoms with Crippen LogP contribution in [0.25, 0.3) is 0 Å². The van der Waals surface area contributed by atoms with E-state index < -0.39 is 5.82 Å². The summed E-state index contributed by atoms with van der Waals surface area (Å²) < 4.78 is 18.6. The van der Waals surface area contributed by atoms with Crippen LogP contribution in [0.2, 0.25) is 0 Å². The van der Waals surface area contributed by atoms with Crippen molar-refractivity contribution in [3.8, 4) is 5.75 Å². The van der Waals surface area contributed by atoms with E-state index in [1.807, 2.05) is 12.1 Å². The molecule has 5 heteroatoms. The van der Waals surface area contributed by atoms with Gasteiger partial charge in [0.05, 0.1) is 20.1 Å². The Balaban J connectivity index is 1.89. The van der Waals surface area contributed by atoms with Crippen LogP contribution in [0.5, 0.6) is 5.75 Å². The van der Waals surface area contributed by atoms with E-state index in [2.05, 4.69) is 0 Å². The molecule has 1 amide bonds. The molecule has 0 aliphatic carbocycles. The number of halogens is 1. The lowest BCUT2D eigenvalue weighted by Crippen LogP contribution is -2.26. The average Bonchev–Trinajstić information content (AvgIpc) is 2.74. The van der Waals surface area contributed by atoms with Gasteiger partial charge in [-0.05, 0) is 41.5 Å². The van der Waals surface area contributed by atoms with Gasteiger partial charge in [0.15, 0.2) is 11.6 Å². The SMILES string of the molecule is COc1ccc(CN2C(=O)Cc3cc(N)ccc32)cc1F. The van der Waals surface area contributed by atoms with Crippen molar-refractivity contribution in [2.24, 2.45) is 0 Å². The summed E-state index contributed by atoms with van der Waals surface area (Å²) in [4.78, 5) is 13.8. The Morgan fingerprint density at radius 2 is 2.10 bits per heavy atom. The van der Waals surface area contributed by atoms with Crippen molar-refractivity contribution in [3.05, 3.63) is 53.3 Å². The van der Waals surface area contributed by atoms with Crippen molar-refractivity contribution in [1.82, 2.24) is 0 Å². The van der Waals surface area contributed by atoms with E-state index >= 15 is 0 Å². The average molecular weight is 286 g/mol. The third-order valence-corrected chi connectivity index (χ3v) is 3.59. The summed E-state index contributed by atoms with van der Waals surface area (Å²) in [7, 11) is 1.42. The van der Waals surface area contributed by atoms with Gasteiger partial charge in [0.1, 0.15) is 0 Å². The first-order valence-electron chi connectivity index (χ1n) is 6.59. The van der Waals surface area contributed by atoms with Gasteiger partial charge in [0, 0.05) is 11.4 Å². The summed E-state index contributed by atoms with van der Waals surface area (Å²) in [5, 5.41) is 0. The van der Waals surface area contributed by atoms with E-state index in [0.717, 1.165) is 11.3 Å². The molecule has 0 saturated heterocycles.